The van der Waals surface area contributed by atoms with Crippen molar-refractivity contribution in [2.75, 3.05) is 19.0 Å². The fourth-order valence-corrected chi connectivity index (χ4v) is 3.28. The van der Waals surface area contributed by atoms with E-state index in [9.17, 15) is 13.7 Å². The van der Waals surface area contributed by atoms with Gasteiger partial charge in [-0.2, -0.15) is 5.26 Å². The van der Waals surface area contributed by atoms with Gasteiger partial charge in [-0.1, -0.05) is 12.1 Å². The van der Waals surface area contributed by atoms with Crippen molar-refractivity contribution in [3.63, 3.8) is 0 Å². The summed E-state index contributed by atoms with van der Waals surface area (Å²) in [6, 6.07) is 11.8. The van der Waals surface area contributed by atoms with E-state index in [-0.39, 0.29) is 0 Å². The van der Waals surface area contributed by atoms with Gasteiger partial charge in [-0.25, -0.2) is 23.1 Å². The van der Waals surface area contributed by atoms with Gasteiger partial charge >= 0.3 is 0 Å². The topological polar surface area (TPSA) is 117 Å². The molecule has 0 amide bonds. The number of aryl methyl sites for hydroxylation is 2. The van der Waals surface area contributed by atoms with Gasteiger partial charge in [-0.15, -0.1) is 0 Å². The molecule has 0 aliphatic carbocycles. The van der Waals surface area contributed by atoms with E-state index in [1.165, 1.54) is 13.3 Å². The molecule has 2 N–H and O–H groups in total. The second-order valence-electron chi connectivity index (χ2n) is 6.42. The number of nitrogens with one attached hydrogen (secondary N) is 2. The lowest BCUT2D eigenvalue weighted by molar-refractivity contribution is 0.397. The van der Waals surface area contributed by atoms with Crippen molar-refractivity contribution >= 4 is 33.3 Å². The Morgan fingerprint density at radius 2 is 2.03 bits per heavy atom. The van der Waals surface area contributed by atoms with Gasteiger partial charge in [0.15, 0.2) is 0 Å². The number of ether oxygens (including phenoxy) is 1. The first kappa shape index (κ1) is 20.5. The molecule has 1 aromatic heterocycles. The quantitative estimate of drug-likeness (QED) is 0.385. The van der Waals surface area contributed by atoms with Crippen LogP contribution in [0.2, 0.25) is 0 Å². The molecule has 0 aliphatic rings. The second-order valence-corrected chi connectivity index (χ2v) is 7.25. The summed E-state index contributed by atoms with van der Waals surface area (Å²) in [6.45, 7) is 2.38. The van der Waals surface area contributed by atoms with Gasteiger partial charge in [0.1, 0.15) is 17.1 Å². The molecular formula is C20H21N5O3S. The first-order valence-electron chi connectivity index (χ1n) is 9.00. The third-order valence-electron chi connectivity index (χ3n) is 4.47. The highest BCUT2D eigenvalue weighted by molar-refractivity contribution is 7.70. The van der Waals surface area contributed by atoms with Crippen molar-refractivity contribution in [1.82, 2.24) is 14.7 Å². The van der Waals surface area contributed by atoms with Crippen LogP contribution < -0.4 is 14.8 Å². The molecule has 9 heteroatoms. The van der Waals surface area contributed by atoms with Crippen molar-refractivity contribution in [3.8, 4) is 11.9 Å². The number of aromatic nitrogens is 2. The standard InChI is InChI=1S/C20H21N5O3S/c1-13-5-6-14(4-3-9-23-29(26)27)10-18(13)24-16-7-8-17-20(15(16)11-21)25-19(28-2)12-22-17/h5-8,10,12,24,29H,3-4,9H2,1-2H3,(H,23,26,27). The molecule has 8 nitrogen and oxygen atoms in total. The summed E-state index contributed by atoms with van der Waals surface area (Å²) in [4.78, 5) is 8.65. The monoisotopic (exact) mass is 411 g/mol. The van der Waals surface area contributed by atoms with Crippen molar-refractivity contribution in [2.45, 2.75) is 19.8 Å². The molecule has 0 aliphatic heterocycles. The maximum absolute atomic E-state index is 10.6. The van der Waals surface area contributed by atoms with E-state index >= 15 is 0 Å². The molecule has 29 heavy (non-hydrogen) atoms. The van der Waals surface area contributed by atoms with Crippen LogP contribution in [-0.2, 0) is 17.3 Å². The zero-order valence-corrected chi connectivity index (χ0v) is 17.0. The largest absolute Gasteiger partial charge is 0.480 e. The first-order chi connectivity index (χ1) is 14.0. The number of benzene rings is 2. The number of nitriles is 1. The number of rotatable bonds is 8. The molecular weight excluding hydrogens is 390 g/mol. The Morgan fingerprint density at radius 3 is 2.76 bits per heavy atom. The first-order valence-corrected chi connectivity index (χ1v) is 10.2. The average molecular weight is 411 g/mol. The van der Waals surface area contributed by atoms with E-state index in [1.807, 2.05) is 31.2 Å². The maximum atomic E-state index is 10.6. The predicted molar refractivity (Wildman–Crippen MR) is 112 cm³/mol. The van der Waals surface area contributed by atoms with E-state index in [1.54, 1.807) is 6.07 Å². The van der Waals surface area contributed by atoms with Crippen LogP contribution in [0.15, 0.2) is 36.5 Å². The molecule has 0 spiro atoms. The number of anilines is 2. The molecule has 2 aromatic carbocycles. The van der Waals surface area contributed by atoms with Gasteiger partial charge in [-0.3, -0.25) is 0 Å². The number of hydrogen-bond donors (Lipinski definition) is 3. The third-order valence-corrected chi connectivity index (χ3v) is 4.95. The smallest absolute Gasteiger partial charge is 0.232 e. The number of hydrogen-bond acceptors (Lipinski definition) is 7. The molecule has 0 unspecified atom stereocenters. The zero-order valence-electron chi connectivity index (χ0n) is 16.1. The van der Waals surface area contributed by atoms with Crippen LogP contribution in [0.4, 0.5) is 11.4 Å². The lowest BCUT2D eigenvalue weighted by atomic mass is 10.0. The number of nitrogens with zero attached hydrogens (tertiary/aromatic N) is 3. The highest BCUT2D eigenvalue weighted by Gasteiger charge is 2.12. The minimum atomic E-state index is -2.56. The molecule has 0 bridgehead atoms. The highest BCUT2D eigenvalue weighted by Crippen LogP contribution is 2.29. The lowest BCUT2D eigenvalue weighted by Crippen LogP contribution is -2.13. The Labute approximate surface area is 170 Å². The Hall–Kier alpha value is -3.22. The fraction of sp³-hybridized carbons (Fsp3) is 0.250. The molecule has 1 heterocycles. The average Bonchev–Trinajstić information content (AvgIpc) is 2.72. The van der Waals surface area contributed by atoms with E-state index in [4.69, 9.17) is 4.74 Å². The number of methoxy groups -OCH3 is 1. The normalized spacial score (nSPS) is 10.8. The third kappa shape index (κ3) is 4.99. The van der Waals surface area contributed by atoms with E-state index in [0.717, 1.165) is 23.2 Å². The molecule has 0 atom stereocenters. The molecule has 0 saturated heterocycles. The summed E-state index contributed by atoms with van der Waals surface area (Å²) in [5, 5.41) is 13.0. The van der Waals surface area contributed by atoms with Crippen LogP contribution in [0.5, 0.6) is 5.88 Å². The summed E-state index contributed by atoms with van der Waals surface area (Å²) in [7, 11) is -1.06. The van der Waals surface area contributed by atoms with Crippen LogP contribution in [0.25, 0.3) is 11.0 Å². The summed E-state index contributed by atoms with van der Waals surface area (Å²) in [5.41, 5.74) is 5.08. The Bertz CT molecular complexity index is 1150. The van der Waals surface area contributed by atoms with Crippen molar-refractivity contribution < 1.29 is 13.2 Å². The summed E-state index contributed by atoms with van der Waals surface area (Å²) >= 11 is 0. The Morgan fingerprint density at radius 1 is 1.21 bits per heavy atom. The summed E-state index contributed by atoms with van der Waals surface area (Å²) in [5.74, 6) is 0.345. The van der Waals surface area contributed by atoms with Gasteiger partial charge in [0.2, 0.25) is 16.8 Å². The van der Waals surface area contributed by atoms with Crippen LogP contribution in [0, 0.1) is 18.3 Å². The van der Waals surface area contributed by atoms with Crippen molar-refractivity contribution in [1.29, 1.82) is 5.26 Å². The molecule has 0 fully saturated rings. The van der Waals surface area contributed by atoms with Gasteiger partial charge in [0.25, 0.3) is 0 Å². The summed E-state index contributed by atoms with van der Waals surface area (Å²) < 4.78 is 28.7. The zero-order chi connectivity index (χ0) is 20.8. The van der Waals surface area contributed by atoms with Gasteiger partial charge in [0.05, 0.1) is 24.5 Å². The Balaban J connectivity index is 1.88. The molecule has 150 valence electrons. The molecule has 3 aromatic rings. The number of fused-ring (bicyclic) bond motifs is 1. The number of thiol groups is 1. The highest BCUT2D eigenvalue weighted by atomic mass is 32.2. The SMILES string of the molecule is COc1cnc2ccc(Nc3cc(CCCN[SH](=O)=O)ccc3C)c(C#N)c2n1. The van der Waals surface area contributed by atoms with E-state index < -0.39 is 10.9 Å². The van der Waals surface area contributed by atoms with E-state index in [2.05, 4.69) is 26.1 Å². The van der Waals surface area contributed by atoms with Crippen molar-refractivity contribution in [3.05, 3.63) is 53.2 Å². The minimum Gasteiger partial charge on any atom is -0.480 e. The predicted octanol–water partition coefficient (Wildman–Crippen LogP) is 2.61. The van der Waals surface area contributed by atoms with Gasteiger partial charge in [-0.05, 0) is 49.1 Å². The van der Waals surface area contributed by atoms with Crippen molar-refractivity contribution in [2.24, 2.45) is 0 Å². The van der Waals surface area contributed by atoms with Gasteiger partial charge < -0.3 is 10.1 Å². The van der Waals surface area contributed by atoms with Crippen LogP contribution in [0.1, 0.15) is 23.1 Å². The minimum absolute atomic E-state index is 0.345. The Kier molecular flexibility index (Phi) is 6.59. The van der Waals surface area contributed by atoms with Crippen LogP contribution in [0.3, 0.4) is 0 Å². The van der Waals surface area contributed by atoms with Crippen LogP contribution in [-0.4, -0.2) is 32.0 Å². The fourth-order valence-electron chi connectivity index (χ4n) is 2.94. The lowest BCUT2D eigenvalue weighted by Gasteiger charge is -2.14. The summed E-state index contributed by atoms with van der Waals surface area (Å²) in [6.07, 6.45) is 2.94. The molecule has 0 radical (unpaired) electrons. The van der Waals surface area contributed by atoms with Gasteiger partial charge in [0, 0.05) is 12.2 Å². The molecule has 3 rings (SSSR count). The maximum Gasteiger partial charge on any atom is 0.232 e. The van der Waals surface area contributed by atoms with Crippen LogP contribution >= 0.6 is 0 Å². The second kappa shape index (κ2) is 9.32. The molecule has 0 saturated carbocycles. The van der Waals surface area contributed by atoms with E-state index in [0.29, 0.717) is 41.1 Å².